The van der Waals surface area contributed by atoms with Crippen LogP contribution in [0.1, 0.15) is 0 Å². The van der Waals surface area contributed by atoms with Crippen LogP contribution in [0.5, 0.6) is 5.75 Å². The molecule has 0 atom stereocenters. The summed E-state index contributed by atoms with van der Waals surface area (Å²) in [6.07, 6.45) is 0. The van der Waals surface area contributed by atoms with Crippen LogP contribution in [0.2, 0.25) is 0 Å². The van der Waals surface area contributed by atoms with Crippen molar-refractivity contribution in [3.63, 3.8) is 0 Å². The molecule has 2 aromatic carbocycles. The molecule has 2 aromatic rings. The summed E-state index contributed by atoms with van der Waals surface area (Å²) < 4.78 is 5.12. The third kappa shape index (κ3) is 2.76. The van der Waals surface area contributed by atoms with Gasteiger partial charge in [-0.05, 0) is 29.4 Å². The number of benzene rings is 2. The van der Waals surface area contributed by atoms with E-state index in [1.54, 1.807) is 12.1 Å². The second kappa shape index (κ2) is 5.67. The number of rotatable bonds is 4. The van der Waals surface area contributed by atoms with E-state index in [1.165, 1.54) is 13.2 Å². The Hall–Kier alpha value is -2.56. The Bertz CT molecular complexity index is 568. The molecule has 0 aromatic heterocycles. The lowest BCUT2D eigenvalue weighted by atomic mass is 10.2. The number of nitrogens with zero attached hydrogens (tertiary/aromatic N) is 3. The molecule has 0 spiro atoms. The normalized spacial score (nSPS) is 10.5. The highest BCUT2D eigenvalue weighted by molar-refractivity contribution is 5.58. The van der Waals surface area contributed by atoms with E-state index >= 15 is 0 Å². The zero-order chi connectivity index (χ0) is 12.8. The lowest BCUT2D eigenvalue weighted by Crippen LogP contribution is -1.82. The molecule has 2 rings (SSSR count). The lowest BCUT2D eigenvalue weighted by Gasteiger charge is -2.02. The average Bonchev–Trinajstić information content (AvgIpc) is 2.46. The van der Waals surface area contributed by atoms with Gasteiger partial charge in [-0.25, -0.2) is 0 Å². The second-order valence-electron chi connectivity index (χ2n) is 3.48. The third-order valence-electron chi connectivity index (χ3n) is 2.30. The van der Waals surface area contributed by atoms with E-state index in [0.717, 1.165) is 5.69 Å². The van der Waals surface area contributed by atoms with E-state index in [2.05, 4.69) is 15.4 Å². The van der Waals surface area contributed by atoms with E-state index in [0.29, 0.717) is 17.1 Å². The maximum Gasteiger partial charge on any atom is 0.148 e. The molecule has 0 N–H and O–H groups in total. The van der Waals surface area contributed by atoms with Gasteiger partial charge in [0.25, 0.3) is 0 Å². The van der Waals surface area contributed by atoms with Crippen LogP contribution in [-0.2, 0) is 0 Å². The minimum absolute atomic E-state index is 0.297. The van der Waals surface area contributed by atoms with Crippen molar-refractivity contribution in [1.82, 2.24) is 0 Å². The Morgan fingerprint density at radius 1 is 0.944 bits per heavy atom. The quantitative estimate of drug-likeness (QED) is 0.584. The predicted molar refractivity (Wildman–Crippen MR) is 69.1 cm³/mol. The monoisotopic (exact) mass is 241 g/mol. The van der Waals surface area contributed by atoms with Crippen molar-refractivity contribution < 1.29 is 4.74 Å². The predicted octanol–water partition coefficient (Wildman–Crippen LogP) is 4.51. The van der Waals surface area contributed by atoms with E-state index in [4.69, 9.17) is 4.74 Å². The highest BCUT2D eigenvalue weighted by Crippen LogP contribution is 2.32. The smallest absolute Gasteiger partial charge is 0.148 e. The molecule has 0 aliphatic carbocycles. The van der Waals surface area contributed by atoms with Gasteiger partial charge in [0.1, 0.15) is 17.1 Å². The molecule has 0 saturated carbocycles. The highest BCUT2D eigenvalue weighted by Gasteiger charge is 2.03. The van der Waals surface area contributed by atoms with Crippen molar-refractivity contribution in [3.05, 3.63) is 53.4 Å². The molecule has 0 aliphatic heterocycles. The first-order chi connectivity index (χ1) is 8.83. The Morgan fingerprint density at radius 3 is 2.39 bits per heavy atom. The third-order valence-corrected chi connectivity index (χ3v) is 2.30. The number of hydrogen-bond donors (Lipinski definition) is 0. The minimum atomic E-state index is 0.297. The maximum absolute atomic E-state index is 10.4. The van der Waals surface area contributed by atoms with Crippen LogP contribution in [0, 0.1) is 4.91 Å². The molecule has 5 nitrogen and oxygen atoms in total. The first-order valence-corrected chi connectivity index (χ1v) is 5.31. The van der Waals surface area contributed by atoms with Gasteiger partial charge in [0.05, 0.1) is 12.8 Å². The van der Waals surface area contributed by atoms with Crippen LogP contribution < -0.4 is 4.74 Å². The molecule has 0 radical (unpaired) electrons. The van der Waals surface area contributed by atoms with Gasteiger partial charge in [-0.2, -0.15) is 5.11 Å². The maximum atomic E-state index is 10.4. The largest absolute Gasteiger partial charge is 0.494 e. The number of methoxy groups -OCH3 is 1. The SMILES string of the molecule is COc1cc(N=O)ccc1/N=N/c1ccccc1. The lowest BCUT2D eigenvalue weighted by molar-refractivity contribution is 0.416. The highest BCUT2D eigenvalue weighted by atomic mass is 16.5. The fourth-order valence-corrected chi connectivity index (χ4v) is 1.41. The summed E-state index contributed by atoms with van der Waals surface area (Å²) in [7, 11) is 1.51. The van der Waals surface area contributed by atoms with Gasteiger partial charge in [-0.1, -0.05) is 18.2 Å². The molecule has 0 fully saturated rings. The summed E-state index contributed by atoms with van der Waals surface area (Å²) >= 11 is 0. The molecule has 0 bridgehead atoms. The number of hydrogen-bond acceptors (Lipinski definition) is 5. The van der Waals surface area contributed by atoms with Crippen LogP contribution in [-0.4, -0.2) is 7.11 Å². The van der Waals surface area contributed by atoms with Gasteiger partial charge < -0.3 is 4.74 Å². The van der Waals surface area contributed by atoms with Crippen molar-refractivity contribution in [2.45, 2.75) is 0 Å². The Morgan fingerprint density at radius 2 is 1.72 bits per heavy atom. The summed E-state index contributed by atoms with van der Waals surface area (Å²) in [5.74, 6) is 0.465. The molecule has 5 heteroatoms. The first kappa shape index (κ1) is 11.9. The van der Waals surface area contributed by atoms with Crippen LogP contribution in [0.4, 0.5) is 17.1 Å². The Labute approximate surface area is 104 Å². The first-order valence-electron chi connectivity index (χ1n) is 5.31. The summed E-state index contributed by atoms with van der Waals surface area (Å²) in [5, 5.41) is 11.0. The second-order valence-corrected chi connectivity index (χ2v) is 3.48. The van der Waals surface area contributed by atoms with E-state index in [9.17, 15) is 4.91 Å². The van der Waals surface area contributed by atoms with Gasteiger partial charge in [0, 0.05) is 6.07 Å². The molecule has 0 amide bonds. The van der Waals surface area contributed by atoms with E-state index in [1.807, 2.05) is 30.3 Å². The number of ether oxygens (including phenoxy) is 1. The molecule has 0 saturated heterocycles. The van der Waals surface area contributed by atoms with Crippen LogP contribution in [0.3, 0.4) is 0 Å². The van der Waals surface area contributed by atoms with Gasteiger partial charge in [0.2, 0.25) is 0 Å². The molecular formula is C13H11N3O2. The van der Waals surface area contributed by atoms with Gasteiger partial charge in [-0.15, -0.1) is 10.0 Å². The molecular weight excluding hydrogens is 230 g/mol. The Kier molecular flexibility index (Phi) is 3.76. The summed E-state index contributed by atoms with van der Waals surface area (Å²) in [6.45, 7) is 0. The molecule has 90 valence electrons. The zero-order valence-corrected chi connectivity index (χ0v) is 9.78. The number of azo groups is 1. The summed E-state index contributed by atoms with van der Waals surface area (Å²) in [6, 6.07) is 14.1. The van der Waals surface area contributed by atoms with Crippen molar-refractivity contribution in [2.24, 2.45) is 15.4 Å². The van der Waals surface area contributed by atoms with E-state index < -0.39 is 0 Å². The van der Waals surface area contributed by atoms with Gasteiger partial charge in [0.15, 0.2) is 0 Å². The summed E-state index contributed by atoms with van der Waals surface area (Å²) in [5.41, 5.74) is 1.59. The fraction of sp³-hybridized carbons (Fsp3) is 0.0769. The van der Waals surface area contributed by atoms with Crippen molar-refractivity contribution >= 4 is 17.1 Å². The van der Waals surface area contributed by atoms with Crippen LogP contribution >= 0.6 is 0 Å². The van der Waals surface area contributed by atoms with Crippen LogP contribution in [0.15, 0.2) is 63.9 Å². The van der Waals surface area contributed by atoms with Crippen LogP contribution in [0.25, 0.3) is 0 Å². The van der Waals surface area contributed by atoms with Crippen molar-refractivity contribution in [1.29, 1.82) is 0 Å². The topological polar surface area (TPSA) is 63.4 Å². The average molecular weight is 241 g/mol. The van der Waals surface area contributed by atoms with Gasteiger partial charge in [-0.3, -0.25) is 0 Å². The van der Waals surface area contributed by atoms with Crippen molar-refractivity contribution in [2.75, 3.05) is 7.11 Å². The standard InChI is InChI=1S/C13H11N3O2/c1-18-13-9-11(16-17)7-8-12(13)15-14-10-5-3-2-4-6-10/h2-9H,1H3/b15-14+. The molecule has 0 unspecified atom stereocenters. The molecule has 18 heavy (non-hydrogen) atoms. The zero-order valence-electron chi connectivity index (χ0n) is 9.78. The molecule has 0 aliphatic rings. The van der Waals surface area contributed by atoms with E-state index in [-0.39, 0.29) is 0 Å². The van der Waals surface area contributed by atoms with Gasteiger partial charge >= 0.3 is 0 Å². The molecule has 0 heterocycles. The Balaban J connectivity index is 2.29. The fourth-order valence-electron chi connectivity index (χ4n) is 1.41. The van der Waals surface area contributed by atoms with Crippen molar-refractivity contribution in [3.8, 4) is 5.75 Å². The number of nitroso groups, excluding NO2 is 1. The minimum Gasteiger partial charge on any atom is -0.494 e. The summed E-state index contributed by atoms with van der Waals surface area (Å²) in [4.78, 5) is 10.4.